The van der Waals surface area contributed by atoms with Gasteiger partial charge in [-0.1, -0.05) is 19.3 Å². The van der Waals surface area contributed by atoms with Crippen LogP contribution in [-0.2, 0) is 13.1 Å². The Morgan fingerprint density at radius 3 is 2.79 bits per heavy atom. The molecule has 1 heterocycles. The van der Waals surface area contributed by atoms with Gasteiger partial charge in [0.15, 0.2) is 5.11 Å². The Morgan fingerprint density at radius 1 is 1.42 bits per heavy atom. The van der Waals surface area contributed by atoms with Crippen LogP contribution in [0.4, 0.5) is 0 Å². The molecule has 1 aromatic rings. The van der Waals surface area contributed by atoms with Crippen molar-refractivity contribution in [2.75, 3.05) is 0 Å². The zero-order valence-electron chi connectivity index (χ0n) is 11.9. The van der Waals surface area contributed by atoms with Crippen molar-refractivity contribution in [2.24, 2.45) is 0 Å². The van der Waals surface area contributed by atoms with Gasteiger partial charge in [-0.2, -0.15) is 5.10 Å². The quantitative estimate of drug-likeness (QED) is 0.832. The molecule has 0 atom stereocenters. The summed E-state index contributed by atoms with van der Waals surface area (Å²) in [7, 11) is 0. The Hall–Kier alpha value is -1.10. The molecular formula is C14H24N4S. The fourth-order valence-corrected chi connectivity index (χ4v) is 2.88. The van der Waals surface area contributed by atoms with E-state index in [4.69, 9.17) is 12.2 Å². The molecule has 0 aliphatic heterocycles. The van der Waals surface area contributed by atoms with Crippen LogP contribution in [0.3, 0.4) is 0 Å². The van der Waals surface area contributed by atoms with Gasteiger partial charge in [0.2, 0.25) is 0 Å². The van der Waals surface area contributed by atoms with Crippen molar-refractivity contribution >= 4 is 17.3 Å². The molecule has 0 amide bonds. The first-order valence-corrected chi connectivity index (χ1v) is 7.67. The lowest BCUT2D eigenvalue weighted by molar-refractivity contribution is 0.412. The molecule has 106 valence electrons. The molecule has 0 radical (unpaired) electrons. The molecule has 0 aromatic carbocycles. The summed E-state index contributed by atoms with van der Waals surface area (Å²) in [6, 6.07) is 0.563. The lowest BCUT2D eigenvalue weighted by atomic mass is 9.96. The summed E-state index contributed by atoms with van der Waals surface area (Å²) in [5.74, 6) is 0. The smallest absolute Gasteiger partial charge is 0.166 e. The molecule has 2 N–H and O–H groups in total. The minimum absolute atomic E-state index is 0.563. The third-order valence-corrected chi connectivity index (χ3v) is 4.15. The molecule has 4 nitrogen and oxygen atoms in total. The predicted molar refractivity (Wildman–Crippen MR) is 82.1 cm³/mol. The van der Waals surface area contributed by atoms with Crippen molar-refractivity contribution in [3.05, 3.63) is 17.5 Å². The highest BCUT2D eigenvalue weighted by Gasteiger charge is 2.14. The first kappa shape index (κ1) is 14.3. The summed E-state index contributed by atoms with van der Waals surface area (Å²) < 4.78 is 2.01. The van der Waals surface area contributed by atoms with E-state index in [0.29, 0.717) is 6.04 Å². The van der Waals surface area contributed by atoms with Crippen molar-refractivity contribution in [1.82, 2.24) is 20.4 Å². The Labute approximate surface area is 121 Å². The largest absolute Gasteiger partial charge is 0.360 e. The number of hydrogen-bond donors (Lipinski definition) is 2. The van der Waals surface area contributed by atoms with E-state index in [1.54, 1.807) is 0 Å². The zero-order chi connectivity index (χ0) is 13.7. The standard InChI is InChI=1S/C14H24N4S/c1-3-18-11(2)12(10-16-18)9-15-14(19)17-13-7-5-4-6-8-13/h10,13H,3-9H2,1-2H3,(H2,15,17,19). The van der Waals surface area contributed by atoms with Gasteiger partial charge in [-0.25, -0.2) is 0 Å². The highest BCUT2D eigenvalue weighted by molar-refractivity contribution is 7.80. The maximum absolute atomic E-state index is 5.36. The van der Waals surface area contributed by atoms with Crippen LogP contribution < -0.4 is 10.6 Å². The van der Waals surface area contributed by atoms with Crippen LogP contribution >= 0.6 is 12.2 Å². The first-order chi connectivity index (χ1) is 9.20. The SMILES string of the molecule is CCn1ncc(CNC(=S)NC2CCCCC2)c1C. The fourth-order valence-electron chi connectivity index (χ4n) is 2.64. The van der Waals surface area contributed by atoms with Gasteiger partial charge in [0.05, 0.1) is 6.20 Å². The number of thiocarbonyl (C=S) groups is 1. The van der Waals surface area contributed by atoms with E-state index in [1.807, 2.05) is 10.9 Å². The average molecular weight is 280 g/mol. The molecule has 0 saturated heterocycles. The molecule has 19 heavy (non-hydrogen) atoms. The van der Waals surface area contributed by atoms with Crippen LogP contribution in [0.5, 0.6) is 0 Å². The maximum Gasteiger partial charge on any atom is 0.166 e. The van der Waals surface area contributed by atoms with Crippen LogP contribution in [0.2, 0.25) is 0 Å². The molecule has 5 heteroatoms. The topological polar surface area (TPSA) is 41.9 Å². The van der Waals surface area contributed by atoms with Crippen molar-refractivity contribution in [2.45, 2.75) is 65.1 Å². The molecular weight excluding hydrogens is 256 g/mol. The van der Waals surface area contributed by atoms with Gasteiger partial charge in [0.25, 0.3) is 0 Å². The molecule has 1 saturated carbocycles. The Morgan fingerprint density at radius 2 is 2.16 bits per heavy atom. The Balaban J connectivity index is 1.77. The fraction of sp³-hybridized carbons (Fsp3) is 0.714. The monoisotopic (exact) mass is 280 g/mol. The van der Waals surface area contributed by atoms with Crippen LogP contribution in [0.25, 0.3) is 0 Å². The number of aromatic nitrogens is 2. The number of nitrogens with zero attached hydrogens (tertiary/aromatic N) is 2. The van der Waals surface area contributed by atoms with Gasteiger partial charge in [-0.15, -0.1) is 0 Å². The molecule has 1 aromatic heterocycles. The first-order valence-electron chi connectivity index (χ1n) is 7.26. The number of aryl methyl sites for hydroxylation is 1. The minimum Gasteiger partial charge on any atom is -0.360 e. The molecule has 1 fully saturated rings. The van der Waals surface area contributed by atoms with Gasteiger partial charge < -0.3 is 10.6 Å². The van der Waals surface area contributed by atoms with E-state index in [9.17, 15) is 0 Å². The summed E-state index contributed by atoms with van der Waals surface area (Å²) >= 11 is 5.36. The van der Waals surface area contributed by atoms with Crippen molar-refractivity contribution in [1.29, 1.82) is 0 Å². The number of rotatable bonds is 4. The van der Waals surface area contributed by atoms with E-state index < -0.39 is 0 Å². The molecule has 1 aliphatic carbocycles. The molecule has 0 spiro atoms. The average Bonchev–Trinajstić information content (AvgIpc) is 2.78. The second kappa shape index (κ2) is 6.89. The van der Waals surface area contributed by atoms with Crippen LogP contribution in [-0.4, -0.2) is 20.9 Å². The Kier molecular flexibility index (Phi) is 5.19. The predicted octanol–water partition coefficient (Wildman–Crippen LogP) is 2.51. The normalized spacial score (nSPS) is 16.3. The van der Waals surface area contributed by atoms with Gasteiger partial charge in [-0.05, 0) is 38.9 Å². The lowest BCUT2D eigenvalue weighted by Gasteiger charge is -2.24. The summed E-state index contributed by atoms with van der Waals surface area (Å²) in [5, 5.41) is 11.8. The summed E-state index contributed by atoms with van der Waals surface area (Å²) in [5.41, 5.74) is 2.44. The van der Waals surface area contributed by atoms with Crippen LogP contribution in [0.15, 0.2) is 6.20 Å². The second-order valence-corrected chi connectivity index (χ2v) is 5.64. The molecule has 0 unspecified atom stereocenters. The van der Waals surface area contributed by atoms with E-state index in [1.165, 1.54) is 43.4 Å². The molecule has 1 aliphatic rings. The number of nitrogens with one attached hydrogen (secondary N) is 2. The molecule has 0 bridgehead atoms. The third-order valence-electron chi connectivity index (χ3n) is 3.88. The van der Waals surface area contributed by atoms with Crippen LogP contribution in [0, 0.1) is 6.92 Å². The highest BCUT2D eigenvalue weighted by atomic mass is 32.1. The van der Waals surface area contributed by atoms with Gasteiger partial charge in [0.1, 0.15) is 0 Å². The summed E-state index contributed by atoms with van der Waals surface area (Å²) in [6.45, 7) is 5.87. The molecule has 2 rings (SSSR count). The van der Waals surface area contributed by atoms with Gasteiger partial charge in [0, 0.05) is 30.4 Å². The van der Waals surface area contributed by atoms with Crippen molar-refractivity contribution < 1.29 is 0 Å². The number of hydrogen-bond acceptors (Lipinski definition) is 2. The van der Waals surface area contributed by atoms with E-state index in [2.05, 4.69) is 29.6 Å². The highest BCUT2D eigenvalue weighted by Crippen LogP contribution is 2.17. The summed E-state index contributed by atoms with van der Waals surface area (Å²) in [4.78, 5) is 0. The van der Waals surface area contributed by atoms with E-state index in [-0.39, 0.29) is 0 Å². The van der Waals surface area contributed by atoms with E-state index in [0.717, 1.165) is 18.2 Å². The van der Waals surface area contributed by atoms with Crippen molar-refractivity contribution in [3.8, 4) is 0 Å². The van der Waals surface area contributed by atoms with E-state index >= 15 is 0 Å². The minimum atomic E-state index is 0.563. The lowest BCUT2D eigenvalue weighted by Crippen LogP contribution is -2.42. The Bertz CT molecular complexity index is 421. The van der Waals surface area contributed by atoms with Gasteiger partial charge >= 0.3 is 0 Å². The van der Waals surface area contributed by atoms with Crippen LogP contribution in [0.1, 0.15) is 50.3 Å². The zero-order valence-corrected chi connectivity index (χ0v) is 12.7. The van der Waals surface area contributed by atoms with Crippen molar-refractivity contribution in [3.63, 3.8) is 0 Å². The third kappa shape index (κ3) is 3.93. The summed E-state index contributed by atoms with van der Waals surface area (Å²) in [6.07, 6.45) is 8.43. The van der Waals surface area contributed by atoms with Gasteiger partial charge in [-0.3, -0.25) is 4.68 Å². The second-order valence-electron chi connectivity index (χ2n) is 5.23. The maximum atomic E-state index is 5.36.